The van der Waals surface area contributed by atoms with Crippen LogP contribution >= 0.6 is 0 Å². The lowest BCUT2D eigenvalue weighted by Crippen LogP contribution is -2.10. The fourth-order valence-electron chi connectivity index (χ4n) is 7.39. The van der Waals surface area contributed by atoms with E-state index in [1.165, 1.54) is 16.3 Å². The second-order valence-electron chi connectivity index (χ2n) is 12.5. The lowest BCUT2D eigenvalue weighted by Gasteiger charge is -2.25. The predicted molar refractivity (Wildman–Crippen MR) is 204 cm³/mol. The molecule has 0 radical (unpaired) electrons. The minimum atomic E-state index is 0.873. The van der Waals surface area contributed by atoms with E-state index in [1.54, 1.807) is 0 Å². The highest BCUT2D eigenvalue weighted by atomic mass is 16.3. The van der Waals surface area contributed by atoms with Gasteiger partial charge in [0.15, 0.2) is 5.58 Å². The molecule has 10 rings (SSSR count). The summed E-state index contributed by atoms with van der Waals surface area (Å²) in [5.41, 5.74) is 11.3. The summed E-state index contributed by atoms with van der Waals surface area (Å²) in [5.74, 6) is 0. The molecule has 0 bridgehead atoms. The number of hydrogen-bond donors (Lipinski definition) is 0. The summed E-state index contributed by atoms with van der Waals surface area (Å²) in [5, 5.41) is 6.92. The molecule has 0 aliphatic rings. The van der Waals surface area contributed by atoms with Crippen LogP contribution in [0.3, 0.4) is 0 Å². The number of anilines is 3. The Kier molecular flexibility index (Phi) is 6.18. The van der Waals surface area contributed by atoms with E-state index >= 15 is 0 Å². The Morgan fingerprint density at radius 2 is 0.980 bits per heavy atom. The first kappa shape index (κ1) is 27.5. The van der Waals surface area contributed by atoms with E-state index in [1.807, 2.05) is 24.3 Å². The molecule has 0 N–H and O–H groups in total. The molecule has 0 aliphatic carbocycles. The lowest BCUT2D eigenvalue weighted by atomic mass is 9.92. The molecule has 230 valence electrons. The van der Waals surface area contributed by atoms with Crippen molar-refractivity contribution >= 4 is 71.7 Å². The van der Waals surface area contributed by atoms with Crippen LogP contribution in [0.1, 0.15) is 0 Å². The van der Waals surface area contributed by atoms with E-state index in [2.05, 4.69) is 157 Å². The number of hydrogen-bond acceptors (Lipinski definition) is 3. The van der Waals surface area contributed by atoms with Crippen molar-refractivity contribution in [2.45, 2.75) is 0 Å². The smallest absolute Gasteiger partial charge is 0.159 e. The van der Waals surface area contributed by atoms with Gasteiger partial charge in [0.25, 0.3) is 0 Å². The Morgan fingerprint density at radius 1 is 0.347 bits per heavy atom. The van der Waals surface area contributed by atoms with Crippen molar-refractivity contribution in [1.29, 1.82) is 0 Å². The standard InChI is InChI=1S/C46H29NO2/c1-3-12-31(13-4-1)39-29-44-45(38-17-8-10-21-43(38)48-44)36-27-24-32(28-40(36)39)30-22-25-34(26-23-30)47(33-14-5-2-6-15-33)41-19-11-18-37-35-16-7-9-20-42(35)49-46(37)41/h1-29H. The van der Waals surface area contributed by atoms with Gasteiger partial charge in [0.05, 0.1) is 5.69 Å². The van der Waals surface area contributed by atoms with Crippen molar-refractivity contribution in [3.05, 3.63) is 176 Å². The van der Waals surface area contributed by atoms with Gasteiger partial charge < -0.3 is 13.7 Å². The molecule has 2 heterocycles. The van der Waals surface area contributed by atoms with Crippen LogP contribution in [0.2, 0.25) is 0 Å². The van der Waals surface area contributed by atoms with Crippen molar-refractivity contribution in [3.8, 4) is 22.3 Å². The van der Waals surface area contributed by atoms with Crippen LogP contribution in [0.25, 0.3) is 76.9 Å². The summed E-state index contributed by atoms with van der Waals surface area (Å²) in [6.07, 6.45) is 0. The highest BCUT2D eigenvalue weighted by Gasteiger charge is 2.20. The number of rotatable bonds is 5. The Hall–Kier alpha value is -6.58. The highest BCUT2D eigenvalue weighted by Crippen LogP contribution is 2.44. The van der Waals surface area contributed by atoms with Crippen LogP contribution < -0.4 is 4.90 Å². The summed E-state index contributed by atoms with van der Waals surface area (Å²) in [6, 6.07) is 61.9. The zero-order chi connectivity index (χ0) is 32.3. The number of fused-ring (bicyclic) bond motifs is 8. The molecule has 0 spiro atoms. The Balaban J connectivity index is 1.13. The third-order valence-corrected chi connectivity index (χ3v) is 9.66. The van der Waals surface area contributed by atoms with Crippen LogP contribution in [0.5, 0.6) is 0 Å². The monoisotopic (exact) mass is 627 g/mol. The van der Waals surface area contributed by atoms with Gasteiger partial charge in [-0.25, -0.2) is 0 Å². The molecule has 0 unspecified atom stereocenters. The maximum atomic E-state index is 6.49. The number of para-hydroxylation sites is 4. The largest absolute Gasteiger partial charge is 0.456 e. The van der Waals surface area contributed by atoms with E-state index in [9.17, 15) is 0 Å². The summed E-state index contributed by atoms with van der Waals surface area (Å²) in [4.78, 5) is 2.28. The maximum Gasteiger partial charge on any atom is 0.159 e. The molecule has 49 heavy (non-hydrogen) atoms. The van der Waals surface area contributed by atoms with Crippen molar-refractivity contribution in [2.24, 2.45) is 0 Å². The molecule has 0 saturated carbocycles. The minimum absolute atomic E-state index is 0.873. The first-order valence-electron chi connectivity index (χ1n) is 16.6. The first-order chi connectivity index (χ1) is 24.3. The van der Waals surface area contributed by atoms with Crippen LogP contribution in [0, 0.1) is 0 Å². The van der Waals surface area contributed by atoms with E-state index in [4.69, 9.17) is 8.83 Å². The van der Waals surface area contributed by atoms with Gasteiger partial charge in [-0.15, -0.1) is 0 Å². The normalized spacial score (nSPS) is 11.7. The third-order valence-electron chi connectivity index (χ3n) is 9.66. The molecular formula is C46H29NO2. The maximum absolute atomic E-state index is 6.49. The van der Waals surface area contributed by atoms with Gasteiger partial charge in [0.2, 0.25) is 0 Å². The number of furan rings is 2. The lowest BCUT2D eigenvalue weighted by molar-refractivity contribution is 0.669. The van der Waals surface area contributed by atoms with Crippen molar-refractivity contribution in [2.75, 3.05) is 4.90 Å². The van der Waals surface area contributed by atoms with Gasteiger partial charge >= 0.3 is 0 Å². The molecule has 2 aromatic heterocycles. The van der Waals surface area contributed by atoms with Crippen molar-refractivity contribution in [3.63, 3.8) is 0 Å². The van der Waals surface area contributed by atoms with E-state index < -0.39 is 0 Å². The van der Waals surface area contributed by atoms with Crippen LogP contribution in [0.15, 0.2) is 185 Å². The van der Waals surface area contributed by atoms with Crippen LogP contribution in [-0.2, 0) is 0 Å². The zero-order valence-corrected chi connectivity index (χ0v) is 26.5. The van der Waals surface area contributed by atoms with Gasteiger partial charge in [-0.1, -0.05) is 121 Å². The average molecular weight is 628 g/mol. The number of benzene rings is 8. The molecule has 0 amide bonds. The zero-order valence-electron chi connectivity index (χ0n) is 26.5. The van der Waals surface area contributed by atoms with Crippen molar-refractivity contribution in [1.82, 2.24) is 0 Å². The highest BCUT2D eigenvalue weighted by molar-refractivity contribution is 6.22. The SMILES string of the molecule is c1ccc(-c2cc3oc4ccccc4c3c3ccc(-c4ccc(N(c5ccccc5)c5cccc6c5oc5ccccc56)cc4)cc23)cc1. The molecular weight excluding hydrogens is 599 g/mol. The van der Waals surface area contributed by atoms with Gasteiger partial charge in [-0.3, -0.25) is 0 Å². The molecule has 0 aliphatic heterocycles. The Bertz CT molecular complexity index is 2810. The molecule has 10 aromatic rings. The summed E-state index contributed by atoms with van der Waals surface area (Å²) in [6.45, 7) is 0. The van der Waals surface area contributed by atoms with Crippen LogP contribution in [0.4, 0.5) is 17.1 Å². The first-order valence-corrected chi connectivity index (χ1v) is 16.6. The van der Waals surface area contributed by atoms with E-state index in [-0.39, 0.29) is 0 Å². The fraction of sp³-hybridized carbons (Fsp3) is 0. The topological polar surface area (TPSA) is 29.5 Å². The second kappa shape index (κ2) is 11.0. The van der Waals surface area contributed by atoms with Crippen molar-refractivity contribution < 1.29 is 8.83 Å². The molecule has 3 heteroatoms. The Morgan fingerprint density at radius 3 is 1.78 bits per heavy atom. The average Bonchev–Trinajstić information content (AvgIpc) is 3.75. The van der Waals surface area contributed by atoms with Gasteiger partial charge in [-0.2, -0.15) is 0 Å². The Labute approximate surface area is 282 Å². The second-order valence-corrected chi connectivity index (χ2v) is 12.5. The van der Waals surface area contributed by atoms with Gasteiger partial charge in [0, 0.05) is 32.9 Å². The molecule has 0 fully saturated rings. The van der Waals surface area contributed by atoms with Gasteiger partial charge in [0.1, 0.15) is 16.7 Å². The van der Waals surface area contributed by atoms with Gasteiger partial charge in [-0.05, 0) is 87.6 Å². The summed E-state index contributed by atoms with van der Waals surface area (Å²) in [7, 11) is 0. The van der Waals surface area contributed by atoms with E-state index in [0.29, 0.717) is 0 Å². The van der Waals surface area contributed by atoms with Crippen LogP contribution in [-0.4, -0.2) is 0 Å². The minimum Gasteiger partial charge on any atom is -0.456 e. The fourth-order valence-corrected chi connectivity index (χ4v) is 7.39. The molecule has 0 saturated heterocycles. The predicted octanol–water partition coefficient (Wildman–Crippen LogP) is 13.4. The summed E-state index contributed by atoms with van der Waals surface area (Å²) < 4.78 is 12.9. The molecule has 8 aromatic carbocycles. The molecule has 0 atom stereocenters. The summed E-state index contributed by atoms with van der Waals surface area (Å²) >= 11 is 0. The molecule has 3 nitrogen and oxygen atoms in total. The van der Waals surface area contributed by atoms with E-state index in [0.717, 1.165) is 77.6 Å². The quantitative estimate of drug-likeness (QED) is 0.190. The third kappa shape index (κ3) is 4.44. The number of nitrogens with zero attached hydrogens (tertiary/aromatic N) is 1.